The first-order valence-corrected chi connectivity index (χ1v) is 12.6. The van der Waals surface area contributed by atoms with Crippen LogP contribution in [0.15, 0.2) is 133 Å². The molecule has 0 N–H and O–H groups in total. The molecule has 0 heterocycles. The van der Waals surface area contributed by atoms with Gasteiger partial charge in [-0.15, -0.1) is 0 Å². The van der Waals surface area contributed by atoms with Gasteiger partial charge < -0.3 is 4.90 Å². The van der Waals surface area contributed by atoms with Crippen molar-refractivity contribution in [2.75, 3.05) is 11.9 Å². The van der Waals surface area contributed by atoms with Crippen molar-refractivity contribution in [3.05, 3.63) is 145 Å². The third-order valence-electron chi connectivity index (χ3n) is 7.03. The molecular formula is C35H25F2N. The molecule has 0 amide bonds. The second-order valence-corrected chi connectivity index (χ2v) is 9.34. The van der Waals surface area contributed by atoms with Crippen LogP contribution >= 0.6 is 0 Å². The Morgan fingerprint density at radius 2 is 1.05 bits per heavy atom. The van der Waals surface area contributed by atoms with Gasteiger partial charge in [-0.2, -0.15) is 0 Å². The van der Waals surface area contributed by atoms with Gasteiger partial charge in [-0.05, 0) is 51.2 Å². The van der Waals surface area contributed by atoms with Crippen LogP contribution in [0.4, 0.5) is 20.2 Å². The van der Waals surface area contributed by atoms with Gasteiger partial charge in [0.25, 0.3) is 0 Å². The number of para-hydroxylation sites is 1. The standard InChI is InChI=1S/C35H25F2N/c1-38(33-14-8-7-13-32(33)36)35-31(22-21-30(34(35)37)26-10-3-2-4-11-26)27-18-15-25(16-19-27)29-20-17-24-9-5-6-12-28(24)23-29/h2-23H,1H3. The second kappa shape index (κ2) is 9.95. The van der Waals surface area contributed by atoms with Gasteiger partial charge in [-0.1, -0.05) is 115 Å². The maximum atomic E-state index is 16.3. The summed E-state index contributed by atoms with van der Waals surface area (Å²) in [5, 5.41) is 2.38. The Hall–Kier alpha value is -4.76. The predicted molar refractivity (Wildman–Crippen MR) is 155 cm³/mol. The summed E-state index contributed by atoms with van der Waals surface area (Å²) in [5.74, 6) is -0.796. The van der Waals surface area contributed by atoms with Gasteiger partial charge in [0.15, 0.2) is 5.82 Å². The van der Waals surface area contributed by atoms with Crippen LogP contribution in [0.3, 0.4) is 0 Å². The Bertz CT molecular complexity index is 1740. The fraction of sp³-hybridized carbons (Fsp3) is 0.0286. The van der Waals surface area contributed by atoms with E-state index in [4.69, 9.17) is 0 Å². The fourth-order valence-electron chi connectivity index (χ4n) is 5.02. The van der Waals surface area contributed by atoms with Crippen molar-refractivity contribution < 1.29 is 8.78 Å². The van der Waals surface area contributed by atoms with Gasteiger partial charge in [-0.3, -0.25) is 0 Å². The molecule has 0 aliphatic carbocycles. The minimum absolute atomic E-state index is 0.311. The first-order valence-electron chi connectivity index (χ1n) is 12.6. The molecule has 38 heavy (non-hydrogen) atoms. The number of nitrogens with zero attached hydrogens (tertiary/aromatic N) is 1. The Morgan fingerprint density at radius 3 is 1.82 bits per heavy atom. The molecule has 184 valence electrons. The van der Waals surface area contributed by atoms with Gasteiger partial charge in [-0.25, -0.2) is 8.78 Å². The van der Waals surface area contributed by atoms with E-state index in [1.165, 1.54) is 16.8 Å². The van der Waals surface area contributed by atoms with Gasteiger partial charge in [0.1, 0.15) is 5.82 Å². The molecule has 0 spiro atoms. The number of hydrogen-bond donors (Lipinski definition) is 0. The minimum atomic E-state index is -0.405. The Balaban J connectivity index is 1.46. The van der Waals surface area contributed by atoms with E-state index in [2.05, 4.69) is 42.5 Å². The summed E-state index contributed by atoms with van der Waals surface area (Å²) in [4.78, 5) is 1.60. The smallest absolute Gasteiger partial charge is 0.155 e. The van der Waals surface area contributed by atoms with Gasteiger partial charge >= 0.3 is 0 Å². The van der Waals surface area contributed by atoms with Crippen molar-refractivity contribution in [1.82, 2.24) is 0 Å². The van der Waals surface area contributed by atoms with E-state index in [1.807, 2.05) is 60.7 Å². The maximum Gasteiger partial charge on any atom is 0.155 e. The SMILES string of the molecule is CN(c1ccccc1F)c1c(-c2ccc(-c3ccc4ccccc4c3)cc2)ccc(-c2ccccc2)c1F. The van der Waals surface area contributed by atoms with E-state index in [-0.39, 0.29) is 0 Å². The van der Waals surface area contributed by atoms with Crippen molar-refractivity contribution >= 4 is 22.1 Å². The van der Waals surface area contributed by atoms with Crippen LogP contribution in [0.1, 0.15) is 0 Å². The van der Waals surface area contributed by atoms with Crippen molar-refractivity contribution in [1.29, 1.82) is 0 Å². The largest absolute Gasteiger partial charge is 0.339 e. The van der Waals surface area contributed by atoms with Crippen LogP contribution < -0.4 is 4.90 Å². The highest BCUT2D eigenvalue weighted by atomic mass is 19.1. The Labute approximate surface area is 221 Å². The summed E-state index contributed by atoms with van der Waals surface area (Å²) in [6, 6.07) is 42.4. The minimum Gasteiger partial charge on any atom is -0.339 e. The molecule has 0 saturated heterocycles. The molecule has 6 aromatic carbocycles. The lowest BCUT2D eigenvalue weighted by Gasteiger charge is -2.25. The molecule has 0 atom stereocenters. The average molecular weight is 498 g/mol. The summed E-state index contributed by atoms with van der Waals surface area (Å²) in [6.07, 6.45) is 0. The van der Waals surface area contributed by atoms with Crippen LogP contribution in [0.25, 0.3) is 44.2 Å². The molecular weight excluding hydrogens is 472 g/mol. The van der Waals surface area contributed by atoms with Crippen LogP contribution in [-0.4, -0.2) is 7.05 Å². The molecule has 0 saturated carbocycles. The summed E-state index contributed by atoms with van der Waals surface area (Å²) in [6.45, 7) is 0. The Kier molecular flexibility index (Phi) is 6.19. The van der Waals surface area contributed by atoms with Crippen LogP contribution in [0.5, 0.6) is 0 Å². The third kappa shape index (κ3) is 4.33. The van der Waals surface area contributed by atoms with Crippen LogP contribution in [0.2, 0.25) is 0 Å². The average Bonchev–Trinajstić information content (AvgIpc) is 2.97. The van der Waals surface area contributed by atoms with Crippen molar-refractivity contribution in [3.63, 3.8) is 0 Å². The molecule has 0 fully saturated rings. The lowest BCUT2D eigenvalue weighted by molar-refractivity contribution is 0.619. The number of fused-ring (bicyclic) bond motifs is 1. The second-order valence-electron chi connectivity index (χ2n) is 9.34. The van der Waals surface area contributed by atoms with E-state index in [0.717, 1.165) is 22.3 Å². The summed E-state index contributed by atoms with van der Waals surface area (Å²) < 4.78 is 31.1. The highest BCUT2D eigenvalue weighted by Crippen LogP contribution is 2.41. The van der Waals surface area contributed by atoms with Gasteiger partial charge in [0, 0.05) is 18.2 Å². The molecule has 0 unspecified atom stereocenters. The normalized spacial score (nSPS) is 11.0. The number of hydrogen-bond acceptors (Lipinski definition) is 1. The molecule has 3 heteroatoms. The van der Waals surface area contributed by atoms with Gasteiger partial charge in [0.2, 0.25) is 0 Å². The molecule has 0 radical (unpaired) electrons. The van der Waals surface area contributed by atoms with Crippen molar-refractivity contribution in [3.8, 4) is 33.4 Å². The number of benzene rings is 6. The molecule has 0 aromatic heterocycles. The zero-order chi connectivity index (χ0) is 26.1. The lowest BCUT2D eigenvalue weighted by atomic mass is 9.94. The fourth-order valence-corrected chi connectivity index (χ4v) is 5.02. The molecule has 0 bridgehead atoms. The van der Waals surface area contributed by atoms with Crippen LogP contribution in [0, 0.1) is 11.6 Å². The Morgan fingerprint density at radius 1 is 0.474 bits per heavy atom. The molecule has 1 nitrogen and oxygen atoms in total. The first-order chi connectivity index (χ1) is 18.6. The first kappa shape index (κ1) is 23.6. The third-order valence-corrected chi connectivity index (χ3v) is 7.03. The van der Waals surface area contributed by atoms with E-state index in [9.17, 15) is 4.39 Å². The van der Waals surface area contributed by atoms with Crippen molar-refractivity contribution in [2.45, 2.75) is 0 Å². The number of anilines is 2. The zero-order valence-electron chi connectivity index (χ0n) is 20.9. The van der Waals surface area contributed by atoms with Crippen molar-refractivity contribution in [2.24, 2.45) is 0 Å². The van der Waals surface area contributed by atoms with Gasteiger partial charge in [0.05, 0.1) is 11.4 Å². The lowest BCUT2D eigenvalue weighted by Crippen LogP contribution is -2.14. The van der Waals surface area contributed by atoms with E-state index < -0.39 is 11.6 Å². The predicted octanol–water partition coefficient (Wildman–Crippen LogP) is 9.89. The quantitative estimate of drug-likeness (QED) is 0.229. The number of rotatable bonds is 5. The molecule has 0 aliphatic rings. The van der Waals surface area contributed by atoms with Crippen LogP contribution in [-0.2, 0) is 0 Å². The summed E-state index contributed by atoms with van der Waals surface area (Å²) >= 11 is 0. The van der Waals surface area contributed by atoms with E-state index >= 15 is 4.39 Å². The molecule has 0 aliphatic heterocycles. The summed E-state index contributed by atoms with van der Waals surface area (Å²) in [7, 11) is 1.71. The molecule has 6 aromatic rings. The molecule has 6 rings (SSSR count). The van der Waals surface area contributed by atoms with E-state index in [0.29, 0.717) is 22.5 Å². The highest BCUT2D eigenvalue weighted by molar-refractivity contribution is 5.89. The zero-order valence-corrected chi connectivity index (χ0v) is 20.9. The topological polar surface area (TPSA) is 3.24 Å². The highest BCUT2D eigenvalue weighted by Gasteiger charge is 2.22. The van der Waals surface area contributed by atoms with E-state index in [1.54, 1.807) is 36.2 Å². The summed E-state index contributed by atoms with van der Waals surface area (Å²) in [5.41, 5.74) is 5.62. The maximum absolute atomic E-state index is 16.3. The number of halogens is 2. The monoisotopic (exact) mass is 497 g/mol.